The summed E-state index contributed by atoms with van der Waals surface area (Å²) in [4.78, 5) is 14.3. The molecule has 0 fully saturated rings. The molecule has 1 heterocycles. The Kier molecular flexibility index (Phi) is 4.57. The molecule has 1 N–H and O–H groups in total. The van der Waals surface area contributed by atoms with Gasteiger partial charge in [-0.15, -0.1) is 0 Å². The van der Waals surface area contributed by atoms with Gasteiger partial charge in [-0.2, -0.15) is 5.10 Å². The van der Waals surface area contributed by atoms with Crippen molar-refractivity contribution in [2.24, 2.45) is 0 Å². The third-order valence-corrected chi connectivity index (χ3v) is 2.91. The molecule has 2 rings (SSSR count). The van der Waals surface area contributed by atoms with Crippen molar-refractivity contribution in [3.05, 3.63) is 47.6 Å². The molecule has 108 valence electrons. The number of benzene rings is 1. The topological polar surface area (TPSA) is 68.7 Å². The van der Waals surface area contributed by atoms with E-state index in [1.807, 2.05) is 0 Å². The minimum atomic E-state index is -1.04. The number of unbranched alkanes of at least 4 members (excludes halogenated alkanes) is 1. The largest absolute Gasteiger partial charge is 0.505 e. The Bertz CT molecular complexity index is 686. The van der Waals surface area contributed by atoms with E-state index in [1.165, 1.54) is 17.1 Å². The van der Waals surface area contributed by atoms with E-state index in [1.54, 1.807) is 18.2 Å². The fraction of sp³-hybridized carbons (Fsp3) is 0.267. The molecule has 0 aliphatic rings. The van der Waals surface area contributed by atoms with Gasteiger partial charge in [0.05, 0.1) is 30.6 Å². The van der Waals surface area contributed by atoms with Crippen LogP contribution in [0, 0.1) is 6.57 Å². The van der Waals surface area contributed by atoms with Crippen LogP contribution in [0.2, 0.25) is 0 Å². The number of ether oxygens (including phenoxy) is 1. The molecule has 1 aromatic heterocycles. The lowest BCUT2D eigenvalue weighted by atomic mass is 10.2. The van der Waals surface area contributed by atoms with E-state index in [2.05, 4.69) is 16.9 Å². The third-order valence-electron chi connectivity index (χ3n) is 2.91. The molecule has 0 bridgehead atoms. The Hall–Kier alpha value is -2.81. The maximum absolute atomic E-state index is 10.8. The summed E-state index contributed by atoms with van der Waals surface area (Å²) in [5.41, 5.74) is 1.11. The first-order chi connectivity index (χ1) is 10.2. The van der Waals surface area contributed by atoms with Crippen LogP contribution in [0.25, 0.3) is 10.5 Å². The van der Waals surface area contributed by atoms with Gasteiger partial charge in [0.25, 0.3) is 0 Å². The van der Waals surface area contributed by atoms with Crippen molar-refractivity contribution in [1.82, 2.24) is 9.78 Å². The Morgan fingerprint density at radius 3 is 2.95 bits per heavy atom. The van der Waals surface area contributed by atoms with E-state index in [0.29, 0.717) is 23.7 Å². The number of carbonyl (C=O) groups is 1. The standard InChI is InChI=1S/C15H15N3O3/c1-3-4-7-21-14-6-5-12(8-13(14)16-2)18-10-11(9-17-18)15(19)20/h5-6,8-10H,3-4,7H2,1H3,(H,19,20). The van der Waals surface area contributed by atoms with Crippen LogP contribution < -0.4 is 4.74 Å². The predicted octanol–water partition coefficient (Wildman–Crippen LogP) is 3.30. The first-order valence-electron chi connectivity index (χ1n) is 6.58. The Balaban J connectivity index is 2.25. The summed E-state index contributed by atoms with van der Waals surface area (Å²) < 4.78 is 6.99. The number of hydrogen-bond acceptors (Lipinski definition) is 3. The van der Waals surface area contributed by atoms with Gasteiger partial charge >= 0.3 is 5.97 Å². The van der Waals surface area contributed by atoms with E-state index in [9.17, 15) is 4.79 Å². The van der Waals surface area contributed by atoms with E-state index in [4.69, 9.17) is 16.4 Å². The molecule has 2 aromatic rings. The van der Waals surface area contributed by atoms with Crippen molar-refractivity contribution in [2.45, 2.75) is 19.8 Å². The van der Waals surface area contributed by atoms with Crippen LogP contribution in [0.1, 0.15) is 30.1 Å². The van der Waals surface area contributed by atoms with Crippen LogP contribution in [0.15, 0.2) is 30.6 Å². The molecular weight excluding hydrogens is 270 g/mol. The summed E-state index contributed by atoms with van der Waals surface area (Å²) in [6, 6.07) is 5.09. The molecule has 0 saturated heterocycles. The smallest absolute Gasteiger partial charge is 0.338 e. The molecular formula is C15H15N3O3. The molecule has 0 amide bonds. The summed E-state index contributed by atoms with van der Waals surface area (Å²) in [6.45, 7) is 9.86. The summed E-state index contributed by atoms with van der Waals surface area (Å²) in [7, 11) is 0. The predicted molar refractivity (Wildman–Crippen MR) is 77.2 cm³/mol. The Morgan fingerprint density at radius 2 is 2.33 bits per heavy atom. The molecule has 0 aliphatic carbocycles. The minimum Gasteiger partial charge on any atom is -0.505 e. The zero-order valence-corrected chi connectivity index (χ0v) is 11.6. The first-order valence-corrected chi connectivity index (χ1v) is 6.58. The monoisotopic (exact) mass is 285 g/mol. The van der Waals surface area contributed by atoms with E-state index in [-0.39, 0.29) is 5.56 Å². The zero-order chi connectivity index (χ0) is 15.2. The first kappa shape index (κ1) is 14.6. The van der Waals surface area contributed by atoms with Gasteiger partial charge in [0.1, 0.15) is 5.75 Å². The molecule has 0 aliphatic heterocycles. The van der Waals surface area contributed by atoms with Gasteiger partial charge in [0.2, 0.25) is 5.69 Å². The summed E-state index contributed by atoms with van der Waals surface area (Å²) in [5.74, 6) is -0.501. The fourth-order valence-electron chi connectivity index (χ4n) is 1.76. The van der Waals surface area contributed by atoms with Gasteiger partial charge in [-0.3, -0.25) is 0 Å². The summed E-state index contributed by atoms with van der Waals surface area (Å²) in [6.07, 6.45) is 4.63. The molecule has 0 saturated carbocycles. The second-order valence-electron chi connectivity index (χ2n) is 4.44. The lowest BCUT2D eigenvalue weighted by Crippen LogP contribution is -1.99. The van der Waals surface area contributed by atoms with Gasteiger partial charge in [0, 0.05) is 6.20 Å². The number of hydrogen-bond donors (Lipinski definition) is 1. The van der Waals surface area contributed by atoms with Crippen LogP contribution in [-0.2, 0) is 0 Å². The molecule has 6 heteroatoms. The fourth-order valence-corrected chi connectivity index (χ4v) is 1.76. The van der Waals surface area contributed by atoms with Crippen molar-refractivity contribution in [1.29, 1.82) is 0 Å². The normalized spacial score (nSPS) is 10.1. The van der Waals surface area contributed by atoms with Crippen molar-refractivity contribution < 1.29 is 14.6 Å². The molecule has 6 nitrogen and oxygen atoms in total. The number of aromatic nitrogens is 2. The Morgan fingerprint density at radius 1 is 1.52 bits per heavy atom. The molecule has 0 atom stereocenters. The zero-order valence-electron chi connectivity index (χ0n) is 11.6. The average Bonchev–Trinajstić information content (AvgIpc) is 2.98. The van der Waals surface area contributed by atoms with Crippen molar-refractivity contribution in [3.8, 4) is 11.4 Å². The molecule has 1 aromatic carbocycles. The van der Waals surface area contributed by atoms with E-state index in [0.717, 1.165) is 12.8 Å². The molecule has 0 radical (unpaired) electrons. The second-order valence-corrected chi connectivity index (χ2v) is 4.44. The van der Waals surface area contributed by atoms with Crippen LogP contribution >= 0.6 is 0 Å². The van der Waals surface area contributed by atoms with Crippen molar-refractivity contribution in [3.63, 3.8) is 0 Å². The van der Waals surface area contributed by atoms with Crippen molar-refractivity contribution >= 4 is 11.7 Å². The third kappa shape index (κ3) is 3.39. The highest BCUT2D eigenvalue weighted by molar-refractivity contribution is 5.87. The lowest BCUT2D eigenvalue weighted by Gasteiger charge is -2.09. The number of carboxylic acid groups (broad SMARTS) is 1. The Labute approximate surface area is 122 Å². The number of rotatable bonds is 6. The van der Waals surface area contributed by atoms with Crippen molar-refractivity contribution in [2.75, 3.05) is 6.61 Å². The summed E-state index contributed by atoms with van der Waals surface area (Å²) in [5, 5.41) is 12.9. The minimum absolute atomic E-state index is 0.0997. The van der Waals surface area contributed by atoms with Crippen LogP contribution in [0.3, 0.4) is 0 Å². The maximum atomic E-state index is 10.8. The van der Waals surface area contributed by atoms with Gasteiger partial charge in [-0.25, -0.2) is 14.3 Å². The average molecular weight is 285 g/mol. The quantitative estimate of drug-likeness (QED) is 0.653. The van der Waals surface area contributed by atoms with Gasteiger partial charge in [-0.05, 0) is 24.6 Å². The molecule has 0 unspecified atom stereocenters. The number of nitrogens with zero attached hydrogens (tertiary/aromatic N) is 3. The SMILES string of the molecule is [C-]#[N+]c1cc(-n2cc(C(=O)O)cn2)ccc1OCCCC. The summed E-state index contributed by atoms with van der Waals surface area (Å²) >= 11 is 0. The highest BCUT2D eigenvalue weighted by Gasteiger charge is 2.10. The maximum Gasteiger partial charge on any atom is 0.338 e. The molecule has 21 heavy (non-hydrogen) atoms. The highest BCUT2D eigenvalue weighted by atomic mass is 16.5. The van der Waals surface area contributed by atoms with Gasteiger partial charge < -0.3 is 9.84 Å². The number of carboxylic acids is 1. The van der Waals surface area contributed by atoms with Crippen LogP contribution in [-0.4, -0.2) is 27.5 Å². The van der Waals surface area contributed by atoms with E-state index >= 15 is 0 Å². The lowest BCUT2D eigenvalue weighted by molar-refractivity contribution is 0.0697. The van der Waals surface area contributed by atoms with E-state index < -0.39 is 5.97 Å². The van der Waals surface area contributed by atoms with Crippen LogP contribution in [0.4, 0.5) is 5.69 Å². The van der Waals surface area contributed by atoms with Gasteiger partial charge in [-0.1, -0.05) is 13.3 Å². The highest BCUT2D eigenvalue weighted by Crippen LogP contribution is 2.30. The van der Waals surface area contributed by atoms with Gasteiger partial charge in [0.15, 0.2) is 0 Å². The number of aromatic carboxylic acids is 1. The van der Waals surface area contributed by atoms with Crippen LogP contribution in [0.5, 0.6) is 5.75 Å². The molecule has 0 spiro atoms. The second kappa shape index (κ2) is 6.57.